The Labute approximate surface area is 224 Å². The number of ether oxygens (including phenoxy) is 3. The molecule has 0 fully saturated rings. The third-order valence-electron chi connectivity index (χ3n) is 5.63. The Hall–Kier alpha value is -5.25. The van der Waals surface area contributed by atoms with Gasteiger partial charge in [0.15, 0.2) is 6.10 Å². The van der Waals surface area contributed by atoms with E-state index in [0.29, 0.717) is 29.2 Å². The van der Waals surface area contributed by atoms with Gasteiger partial charge in [-0.15, -0.1) is 0 Å². The van der Waals surface area contributed by atoms with Crippen LogP contribution in [0.2, 0.25) is 0 Å². The smallest absolute Gasteiger partial charge is 0.343 e. The molecule has 0 radical (unpaired) electrons. The number of nitrogens with zero attached hydrogens (tertiary/aromatic N) is 2. The van der Waals surface area contributed by atoms with Crippen molar-refractivity contribution in [3.63, 3.8) is 0 Å². The number of non-ortho nitro benzene ring substituents is 1. The molecular weight excluding hydrogens is 502 g/mol. The second kappa shape index (κ2) is 12.3. The summed E-state index contributed by atoms with van der Waals surface area (Å²) in [6, 6.07) is 23.0. The van der Waals surface area contributed by atoms with Crippen molar-refractivity contribution in [1.29, 1.82) is 0 Å². The number of hydrazone groups is 1. The van der Waals surface area contributed by atoms with E-state index in [0.717, 1.165) is 10.8 Å². The number of esters is 1. The van der Waals surface area contributed by atoms with Crippen LogP contribution in [-0.2, 0) is 4.79 Å². The molecule has 0 heterocycles. The highest BCUT2D eigenvalue weighted by Crippen LogP contribution is 2.28. The van der Waals surface area contributed by atoms with Gasteiger partial charge in [0.25, 0.3) is 11.6 Å². The fraction of sp³-hybridized carbons (Fsp3) is 0.138. The lowest BCUT2D eigenvalue weighted by Crippen LogP contribution is -2.33. The predicted molar refractivity (Wildman–Crippen MR) is 145 cm³/mol. The molecule has 0 aliphatic carbocycles. The summed E-state index contributed by atoms with van der Waals surface area (Å²) in [5.41, 5.74) is 3.18. The van der Waals surface area contributed by atoms with Gasteiger partial charge in [-0.3, -0.25) is 14.9 Å². The second-order valence-corrected chi connectivity index (χ2v) is 8.29. The number of fused-ring (bicyclic) bond motifs is 1. The maximum absolute atomic E-state index is 12.8. The molecule has 0 aliphatic rings. The molecule has 10 heteroatoms. The molecule has 39 heavy (non-hydrogen) atoms. The van der Waals surface area contributed by atoms with Crippen LogP contribution in [0.1, 0.15) is 29.8 Å². The standard InChI is InChI=1S/C29H25N3O7/c1-3-37-23-13-8-21(9-14-23)29(34)39-27-17-10-20-6-4-5-7-25(20)26(27)18-30-31-28(33)19(2)38-24-15-11-22(12-16-24)32(35)36/h4-19H,3H2,1-2H3,(H,31,33). The lowest BCUT2D eigenvalue weighted by atomic mass is 10.0. The molecule has 10 nitrogen and oxygen atoms in total. The number of hydrogen-bond donors (Lipinski definition) is 1. The van der Waals surface area contributed by atoms with Crippen molar-refractivity contribution >= 4 is 34.6 Å². The first-order valence-corrected chi connectivity index (χ1v) is 12.1. The fourth-order valence-corrected chi connectivity index (χ4v) is 3.67. The van der Waals surface area contributed by atoms with Crippen LogP contribution in [0.25, 0.3) is 10.8 Å². The molecule has 4 aromatic carbocycles. The van der Waals surface area contributed by atoms with E-state index in [1.54, 1.807) is 30.3 Å². The van der Waals surface area contributed by atoms with Crippen molar-refractivity contribution in [1.82, 2.24) is 5.43 Å². The van der Waals surface area contributed by atoms with Gasteiger partial charge in [-0.2, -0.15) is 5.10 Å². The first kappa shape index (κ1) is 26.8. The van der Waals surface area contributed by atoms with E-state index in [-0.39, 0.29) is 11.4 Å². The Bertz CT molecular complexity index is 1520. The molecule has 0 spiro atoms. The van der Waals surface area contributed by atoms with Crippen molar-refractivity contribution in [2.45, 2.75) is 20.0 Å². The Morgan fingerprint density at radius 3 is 2.36 bits per heavy atom. The SMILES string of the molecule is CCOc1ccc(C(=O)Oc2ccc3ccccc3c2C=NNC(=O)C(C)Oc2ccc([N+](=O)[O-])cc2)cc1. The fourth-order valence-electron chi connectivity index (χ4n) is 3.67. The van der Waals surface area contributed by atoms with Crippen molar-refractivity contribution < 1.29 is 28.7 Å². The molecular formula is C29H25N3O7. The van der Waals surface area contributed by atoms with Gasteiger partial charge < -0.3 is 14.2 Å². The largest absolute Gasteiger partial charge is 0.494 e. The molecule has 1 amide bonds. The van der Waals surface area contributed by atoms with Crippen LogP contribution in [0.5, 0.6) is 17.2 Å². The van der Waals surface area contributed by atoms with Crippen molar-refractivity contribution in [2.24, 2.45) is 5.10 Å². The van der Waals surface area contributed by atoms with Gasteiger partial charge in [0.2, 0.25) is 0 Å². The van der Waals surface area contributed by atoms with Gasteiger partial charge in [0.05, 0.1) is 23.3 Å². The highest BCUT2D eigenvalue weighted by atomic mass is 16.6. The zero-order valence-electron chi connectivity index (χ0n) is 21.2. The topological polar surface area (TPSA) is 129 Å². The van der Waals surface area contributed by atoms with Gasteiger partial charge in [0.1, 0.15) is 17.2 Å². The van der Waals surface area contributed by atoms with Crippen LogP contribution in [0.4, 0.5) is 5.69 Å². The summed E-state index contributed by atoms with van der Waals surface area (Å²) in [5, 5.41) is 16.5. The van der Waals surface area contributed by atoms with Crippen LogP contribution >= 0.6 is 0 Å². The second-order valence-electron chi connectivity index (χ2n) is 8.29. The molecule has 0 aromatic heterocycles. The number of hydrogen-bond acceptors (Lipinski definition) is 8. The van der Waals surface area contributed by atoms with Crippen LogP contribution in [0, 0.1) is 10.1 Å². The molecule has 4 aromatic rings. The normalized spacial score (nSPS) is 11.6. The number of nitro groups is 1. The molecule has 0 aliphatic heterocycles. The number of amides is 1. The van der Waals surface area contributed by atoms with Crippen LogP contribution in [-0.4, -0.2) is 35.7 Å². The highest BCUT2D eigenvalue weighted by Gasteiger charge is 2.16. The maximum Gasteiger partial charge on any atom is 0.343 e. The number of benzene rings is 4. The van der Waals surface area contributed by atoms with Gasteiger partial charge in [-0.05, 0) is 67.1 Å². The first-order chi connectivity index (χ1) is 18.9. The molecule has 4 rings (SSSR count). The minimum atomic E-state index is -0.937. The maximum atomic E-state index is 12.8. The molecule has 1 atom stereocenters. The van der Waals surface area contributed by atoms with Gasteiger partial charge >= 0.3 is 5.97 Å². The Kier molecular flexibility index (Phi) is 8.47. The van der Waals surface area contributed by atoms with Crippen molar-refractivity contribution in [2.75, 3.05) is 6.61 Å². The Morgan fingerprint density at radius 2 is 1.67 bits per heavy atom. The summed E-state index contributed by atoms with van der Waals surface area (Å²) in [6.07, 6.45) is 0.465. The van der Waals surface area contributed by atoms with E-state index in [1.165, 1.54) is 37.4 Å². The van der Waals surface area contributed by atoms with E-state index in [1.807, 2.05) is 37.3 Å². The van der Waals surface area contributed by atoms with Gasteiger partial charge in [-0.25, -0.2) is 10.2 Å². The molecule has 0 bridgehead atoms. The number of nitrogens with one attached hydrogen (secondary N) is 1. The molecule has 1 unspecified atom stereocenters. The molecule has 0 saturated heterocycles. The average molecular weight is 528 g/mol. The molecule has 0 saturated carbocycles. The number of nitro benzene ring substituents is 1. The summed E-state index contributed by atoms with van der Waals surface area (Å²) in [4.78, 5) is 35.7. The highest BCUT2D eigenvalue weighted by molar-refractivity contribution is 6.04. The lowest BCUT2D eigenvalue weighted by molar-refractivity contribution is -0.384. The monoisotopic (exact) mass is 527 g/mol. The number of rotatable bonds is 10. The van der Waals surface area contributed by atoms with Gasteiger partial charge in [0, 0.05) is 17.7 Å². The Balaban J connectivity index is 1.49. The lowest BCUT2D eigenvalue weighted by Gasteiger charge is -2.13. The average Bonchev–Trinajstić information content (AvgIpc) is 2.94. The van der Waals surface area contributed by atoms with Gasteiger partial charge in [-0.1, -0.05) is 30.3 Å². The van der Waals surface area contributed by atoms with E-state index >= 15 is 0 Å². The van der Waals surface area contributed by atoms with Crippen LogP contribution in [0.15, 0.2) is 90.0 Å². The van der Waals surface area contributed by atoms with E-state index in [9.17, 15) is 19.7 Å². The summed E-state index contributed by atoms with van der Waals surface area (Å²) in [7, 11) is 0. The van der Waals surface area contributed by atoms with Crippen LogP contribution in [0.3, 0.4) is 0 Å². The van der Waals surface area contributed by atoms with Crippen molar-refractivity contribution in [3.05, 3.63) is 106 Å². The molecule has 198 valence electrons. The predicted octanol–water partition coefficient (Wildman–Crippen LogP) is 5.28. The number of carbonyl (C=O) groups is 2. The van der Waals surface area contributed by atoms with Crippen molar-refractivity contribution in [3.8, 4) is 17.2 Å². The van der Waals surface area contributed by atoms with Crippen LogP contribution < -0.4 is 19.6 Å². The quantitative estimate of drug-likeness (QED) is 0.0976. The first-order valence-electron chi connectivity index (χ1n) is 12.1. The minimum Gasteiger partial charge on any atom is -0.494 e. The Morgan fingerprint density at radius 1 is 0.974 bits per heavy atom. The third-order valence-corrected chi connectivity index (χ3v) is 5.63. The van der Waals surface area contributed by atoms with E-state index in [4.69, 9.17) is 14.2 Å². The molecule has 1 N–H and O–H groups in total. The van der Waals surface area contributed by atoms with E-state index < -0.39 is 22.9 Å². The summed E-state index contributed by atoms with van der Waals surface area (Å²) >= 11 is 0. The zero-order chi connectivity index (χ0) is 27.8. The minimum absolute atomic E-state index is 0.0850. The van der Waals surface area contributed by atoms with E-state index in [2.05, 4.69) is 10.5 Å². The third kappa shape index (κ3) is 6.75. The summed E-state index contributed by atoms with van der Waals surface area (Å²) in [6.45, 7) is 3.91. The summed E-state index contributed by atoms with van der Waals surface area (Å²) < 4.78 is 16.7. The number of carbonyl (C=O) groups excluding carboxylic acids is 2. The summed E-state index contributed by atoms with van der Waals surface area (Å²) in [5.74, 6) is 0.107. The zero-order valence-corrected chi connectivity index (χ0v) is 21.2.